The van der Waals surface area contributed by atoms with Crippen LogP contribution in [0.15, 0.2) is 30.3 Å². The van der Waals surface area contributed by atoms with Gasteiger partial charge in [-0.15, -0.1) is 0 Å². The number of hydrogen-bond donors (Lipinski definition) is 0. The largest absolute Gasteiger partial charge is 0 e. The Morgan fingerprint density at radius 2 is 1.19 bits per heavy atom. The second-order valence-corrected chi connectivity index (χ2v) is 3.96. The standard InChI is InChI=1S/C12H16O2.3CO.Cr/c1-9-10(2)14-12(3,13-9)11-7-5-4-6-8-11;3*1-2;/h4-10H,1-3H3;;;;/t9-,10-;;;;/m1..../s1. The molecule has 1 aliphatic rings. The summed E-state index contributed by atoms with van der Waals surface area (Å²) < 4.78 is 34.1. The topological polar surface area (TPSA) is 78.2 Å². The van der Waals surface area contributed by atoms with Gasteiger partial charge in [0.2, 0.25) is 0 Å². The van der Waals surface area contributed by atoms with Gasteiger partial charge < -0.3 is 9.47 Å². The molecule has 5 nitrogen and oxygen atoms in total. The van der Waals surface area contributed by atoms with Crippen molar-refractivity contribution in [3.05, 3.63) is 55.8 Å². The second-order valence-electron chi connectivity index (χ2n) is 3.96. The Kier molecular flexibility index (Phi) is 16.4. The van der Waals surface area contributed by atoms with Crippen molar-refractivity contribution >= 4 is 0 Å². The van der Waals surface area contributed by atoms with Gasteiger partial charge in [0.1, 0.15) is 0 Å². The zero-order chi connectivity index (χ0) is 16.2. The minimum absolute atomic E-state index is 0. The Hall–Kier alpha value is -1.11. The summed E-state index contributed by atoms with van der Waals surface area (Å²) in [6.45, 7) is 19.6. The Morgan fingerprint density at radius 1 is 0.857 bits per heavy atom. The quantitative estimate of drug-likeness (QED) is 0.587. The molecular weight excluding hydrogens is 312 g/mol. The zero-order valence-electron chi connectivity index (χ0n) is 12.0. The van der Waals surface area contributed by atoms with Gasteiger partial charge >= 0.3 is 33.9 Å². The van der Waals surface area contributed by atoms with E-state index in [-0.39, 0.29) is 29.6 Å². The maximum atomic E-state index is 7.50. The molecule has 6 heteroatoms. The van der Waals surface area contributed by atoms with Crippen molar-refractivity contribution in [3.63, 3.8) is 0 Å². The van der Waals surface area contributed by atoms with E-state index in [4.69, 9.17) is 23.4 Å². The fourth-order valence-corrected chi connectivity index (χ4v) is 1.81. The molecule has 0 spiro atoms. The number of rotatable bonds is 1. The Labute approximate surface area is 135 Å². The van der Waals surface area contributed by atoms with E-state index >= 15 is 0 Å². The van der Waals surface area contributed by atoms with Gasteiger partial charge in [0.25, 0.3) is 0 Å². The smallest absolute Gasteiger partial charge is 0 e. The van der Waals surface area contributed by atoms with Crippen LogP contribution in [0.3, 0.4) is 0 Å². The predicted octanol–water partition coefficient (Wildman–Crippen LogP) is 2.57. The first-order valence-electron chi connectivity index (χ1n) is 5.64. The van der Waals surface area contributed by atoms with Gasteiger partial charge in [0.15, 0.2) is 5.79 Å². The van der Waals surface area contributed by atoms with Crippen LogP contribution < -0.4 is 0 Å². The summed E-state index contributed by atoms with van der Waals surface area (Å²) in [7, 11) is 0. The van der Waals surface area contributed by atoms with E-state index < -0.39 is 5.79 Å². The predicted molar refractivity (Wildman–Crippen MR) is 66.7 cm³/mol. The molecule has 0 amide bonds. The maximum absolute atomic E-state index is 7.50. The minimum Gasteiger partial charge on any atom is 0 e. The van der Waals surface area contributed by atoms with Crippen LogP contribution in [0, 0.1) is 20.0 Å². The summed E-state index contributed by atoms with van der Waals surface area (Å²) in [4.78, 5) is 0. The number of benzene rings is 1. The van der Waals surface area contributed by atoms with E-state index in [1.54, 1.807) is 0 Å². The zero-order valence-corrected chi connectivity index (χ0v) is 13.3. The summed E-state index contributed by atoms with van der Waals surface area (Å²) in [6.07, 6.45) is 0.306. The molecule has 0 saturated carbocycles. The molecular formula is C15H16CrO5. The van der Waals surface area contributed by atoms with Crippen LogP contribution in [-0.2, 0) is 46.6 Å². The second kappa shape index (κ2) is 13.9. The number of ether oxygens (including phenoxy) is 2. The monoisotopic (exact) mass is 328 g/mol. The van der Waals surface area contributed by atoms with Crippen LogP contribution in [0.4, 0.5) is 0 Å². The molecule has 0 radical (unpaired) electrons. The van der Waals surface area contributed by atoms with E-state index in [1.165, 1.54) is 0 Å². The molecule has 2 rings (SSSR count). The van der Waals surface area contributed by atoms with Gasteiger partial charge in [0.05, 0.1) is 12.2 Å². The summed E-state index contributed by atoms with van der Waals surface area (Å²) in [5, 5.41) is 0. The average Bonchev–Trinajstić information content (AvgIpc) is 2.80. The molecule has 21 heavy (non-hydrogen) atoms. The third kappa shape index (κ3) is 7.45. The van der Waals surface area contributed by atoms with Crippen LogP contribution in [0.1, 0.15) is 26.3 Å². The molecule has 1 saturated heterocycles. The van der Waals surface area contributed by atoms with Crippen molar-refractivity contribution in [2.45, 2.75) is 38.8 Å². The minimum atomic E-state index is -0.569. The van der Waals surface area contributed by atoms with Crippen LogP contribution in [0.2, 0.25) is 0 Å². The molecule has 1 aliphatic heterocycles. The van der Waals surface area contributed by atoms with Gasteiger partial charge in [-0.25, -0.2) is 0 Å². The van der Waals surface area contributed by atoms with E-state index in [2.05, 4.69) is 20.0 Å². The first kappa shape index (κ1) is 24.9. The van der Waals surface area contributed by atoms with Crippen LogP contribution in [-0.4, -0.2) is 12.2 Å². The molecule has 0 aromatic heterocycles. The molecule has 2 atom stereocenters. The molecule has 1 fully saturated rings. The summed E-state index contributed by atoms with van der Waals surface area (Å²) >= 11 is 0. The SMILES string of the molecule is C[C@H]1OC(C)(c2ccccc2)O[C@@H]1C.[C-]#[O+].[C-]#[O+].[C-]#[O+].[Cr]. The Morgan fingerprint density at radius 3 is 1.52 bits per heavy atom. The normalized spacial score (nSPS) is 20.6. The average molecular weight is 328 g/mol. The van der Waals surface area contributed by atoms with E-state index in [9.17, 15) is 0 Å². The molecule has 1 aromatic carbocycles. The van der Waals surface area contributed by atoms with E-state index in [1.807, 2.05) is 51.1 Å². The molecule has 1 aromatic rings. The van der Waals surface area contributed by atoms with Crippen LogP contribution >= 0.6 is 0 Å². The molecule has 0 N–H and O–H groups in total. The third-order valence-electron chi connectivity index (χ3n) is 2.78. The fourth-order valence-electron chi connectivity index (χ4n) is 1.81. The fraction of sp³-hybridized carbons (Fsp3) is 0.400. The Balaban J connectivity index is -0.000000414. The summed E-state index contributed by atoms with van der Waals surface area (Å²) in [5.41, 5.74) is 1.08. The van der Waals surface area contributed by atoms with Gasteiger partial charge in [0, 0.05) is 22.9 Å². The molecule has 0 bridgehead atoms. The van der Waals surface area contributed by atoms with Crippen molar-refractivity contribution in [1.82, 2.24) is 0 Å². The van der Waals surface area contributed by atoms with Crippen LogP contribution in [0.25, 0.3) is 0 Å². The van der Waals surface area contributed by atoms with Gasteiger partial charge in [-0.3, -0.25) is 0 Å². The first-order valence-corrected chi connectivity index (χ1v) is 5.64. The maximum Gasteiger partial charge on any atom is 0 e. The van der Waals surface area contributed by atoms with Crippen molar-refractivity contribution in [2.75, 3.05) is 0 Å². The number of hydrogen-bond acceptors (Lipinski definition) is 2. The van der Waals surface area contributed by atoms with Gasteiger partial charge in [-0.2, -0.15) is 0 Å². The van der Waals surface area contributed by atoms with Crippen molar-refractivity contribution in [2.24, 2.45) is 0 Å². The molecule has 1 heterocycles. The first-order chi connectivity index (χ1) is 9.62. The van der Waals surface area contributed by atoms with Crippen molar-refractivity contribution < 1.29 is 40.8 Å². The Bertz CT molecular complexity index is 402. The molecule has 112 valence electrons. The van der Waals surface area contributed by atoms with E-state index in [0.29, 0.717) is 0 Å². The van der Waals surface area contributed by atoms with Crippen molar-refractivity contribution in [1.29, 1.82) is 0 Å². The van der Waals surface area contributed by atoms with E-state index in [0.717, 1.165) is 5.56 Å². The molecule has 0 unspecified atom stereocenters. The summed E-state index contributed by atoms with van der Waals surface area (Å²) in [6, 6.07) is 10.1. The van der Waals surface area contributed by atoms with Crippen molar-refractivity contribution in [3.8, 4) is 0 Å². The summed E-state index contributed by atoms with van der Waals surface area (Å²) in [5.74, 6) is -0.569. The third-order valence-corrected chi connectivity index (χ3v) is 2.78. The molecule has 0 aliphatic carbocycles. The van der Waals surface area contributed by atoms with Gasteiger partial charge in [-0.05, 0) is 20.8 Å². The van der Waals surface area contributed by atoms with Crippen LogP contribution in [0.5, 0.6) is 0 Å². The van der Waals surface area contributed by atoms with Gasteiger partial charge in [-0.1, -0.05) is 30.3 Å².